The molecule has 1 unspecified atom stereocenters. The fourth-order valence-corrected chi connectivity index (χ4v) is 5.69. The molecular formula is C37H69O10P. The summed E-state index contributed by atoms with van der Waals surface area (Å²) in [6.07, 6.45) is 30.2. The molecule has 3 atom stereocenters. The van der Waals surface area contributed by atoms with Gasteiger partial charge in [-0.05, 0) is 44.9 Å². The van der Waals surface area contributed by atoms with Gasteiger partial charge in [-0.2, -0.15) is 0 Å². The molecule has 0 rings (SSSR count). The Kier molecular flexibility index (Phi) is 32.8. The van der Waals surface area contributed by atoms with Gasteiger partial charge in [-0.25, -0.2) is 4.57 Å². The van der Waals surface area contributed by atoms with Gasteiger partial charge in [0.1, 0.15) is 12.7 Å². The van der Waals surface area contributed by atoms with Gasteiger partial charge in [-0.15, -0.1) is 0 Å². The lowest BCUT2D eigenvalue weighted by molar-refractivity contribution is -0.161. The molecule has 0 aliphatic rings. The van der Waals surface area contributed by atoms with Crippen molar-refractivity contribution >= 4 is 19.8 Å². The molecule has 0 radical (unpaired) electrons. The van der Waals surface area contributed by atoms with E-state index in [1.165, 1.54) is 64.2 Å². The molecule has 3 N–H and O–H groups in total. The van der Waals surface area contributed by atoms with Crippen molar-refractivity contribution < 1.29 is 47.8 Å². The Morgan fingerprint density at radius 1 is 0.625 bits per heavy atom. The van der Waals surface area contributed by atoms with E-state index in [-0.39, 0.29) is 19.4 Å². The van der Waals surface area contributed by atoms with Crippen LogP contribution in [-0.4, -0.2) is 65.7 Å². The van der Waals surface area contributed by atoms with Crippen molar-refractivity contribution in [3.05, 3.63) is 24.3 Å². The number of carbonyl (C=O) groups excluding carboxylic acids is 2. The minimum absolute atomic E-state index is 0.177. The molecular weight excluding hydrogens is 635 g/mol. The van der Waals surface area contributed by atoms with E-state index in [4.69, 9.17) is 19.1 Å². The maximum atomic E-state index is 12.5. The maximum absolute atomic E-state index is 12.5. The average Bonchev–Trinajstić information content (AvgIpc) is 3.07. The molecule has 0 saturated heterocycles. The number of esters is 2. The fraction of sp³-hybridized carbons (Fsp3) is 0.838. The first kappa shape index (κ1) is 46.5. The van der Waals surface area contributed by atoms with E-state index in [1.807, 2.05) is 0 Å². The lowest BCUT2D eigenvalue weighted by atomic mass is 10.1. The number of unbranched alkanes of at least 4 members (excludes halogenated alkanes) is 17. The normalized spacial score (nSPS) is 14.4. The predicted octanol–water partition coefficient (Wildman–Crippen LogP) is 9.05. The van der Waals surface area contributed by atoms with Gasteiger partial charge >= 0.3 is 19.8 Å². The molecule has 0 amide bonds. The monoisotopic (exact) mass is 704 g/mol. The van der Waals surface area contributed by atoms with Crippen molar-refractivity contribution in [1.82, 2.24) is 0 Å². The second-order valence-electron chi connectivity index (χ2n) is 12.6. The Labute approximate surface area is 291 Å². The molecule has 0 aliphatic carbocycles. The molecule has 0 spiro atoms. The van der Waals surface area contributed by atoms with Crippen LogP contribution in [0.1, 0.15) is 162 Å². The van der Waals surface area contributed by atoms with E-state index >= 15 is 0 Å². The standard InChI is InChI=1S/C37H69O10P/c1-3-5-7-9-11-13-14-15-16-17-18-19-20-21-23-25-27-29-37(41)47-35(33-46-48(42,43)45-31-34(39)30-38)32-44-36(40)28-26-24-22-12-10-8-6-4-2/h11,13,15-16,34-35,38-39H,3-10,12,14,17-33H2,1-2H3,(H,42,43)/b13-11+,16-15+/t34-,35+/m0/s1. The van der Waals surface area contributed by atoms with Crippen LogP contribution in [0, 0.1) is 0 Å². The number of phosphoric acid groups is 1. The summed E-state index contributed by atoms with van der Waals surface area (Å²) in [4.78, 5) is 34.7. The number of carbonyl (C=O) groups is 2. The highest BCUT2D eigenvalue weighted by Gasteiger charge is 2.27. The number of aliphatic hydroxyl groups is 2. The molecule has 0 aromatic carbocycles. The van der Waals surface area contributed by atoms with Gasteiger partial charge in [0.25, 0.3) is 0 Å². The van der Waals surface area contributed by atoms with Gasteiger partial charge in [0.2, 0.25) is 0 Å². The first-order chi connectivity index (χ1) is 23.2. The Morgan fingerprint density at radius 3 is 1.65 bits per heavy atom. The summed E-state index contributed by atoms with van der Waals surface area (Å²) in [5.74, 6) is -0.937. The van der Waals surface area contributed by atoms with E-state index in [0.29, 0.717) is 12.8 Å². The SMILES string of the molecule is CCCCC/C=C/C/C=C/CCCCCCCCCC(=O)O[C@H](COC(=O)CCCCCCCCCC)COP(=O)(O)OC[C@@H](O)CO. The van der Waals surface area contributed by atoms with Gasteiger partial charge in [0, 0.05) is 12.8 Å². The highest BCUT2D eigenvalue weighted by atomic mass is 31.2. The number of phosphoric ester groups is 1. The zero-order chi connectivity index (χ0) is 35.6. The van der Waals surface area contributed by atoms with Crippen LogP contribution in [0.25, 0.3) is 0 Å². The predicted molar refractivity (Wildman–Crippen MR) is 191 cm³/mol. The van der Waals surface area contributed by atoms with Gasteiger partial charge in [-0.1, -0.05) is 128 Å². The topological polar surface area (TPSA) is 149 Å². The summed E-state index contributed by atoms with van der Waals surface area (Å²) < 4.78 is 32.5. The molecule has 11 heteroatoms. The van der Waals surface area contributed by atoms with Crippen molar-refractivity contribution in [3.63, 3.8) is 0 Å². The van der Waals surface area contributed by atoms with Crippen LogP contribution in [0.5, 0.6) is 0 Å². The van der Waals surface area contributed by atoms with Gasteiger partial charge in [-0.3, -0.25) is 18.6 Å². The smallest absolute Gasteiger partial charge is 0.462 e. The number of rotatable bonds is 35. The summed E-state index contributed by atoms with van der Waals surface area (Å²) in [5, 5.41) is 18.2. The summed E-state index contributed by atoms with van der Waals surface area (Å²) in [5.41, 5.74) is 0. The molecule has 10 nitrogen and oxygen atoms in total. The minimum Gasteiger partial charge on any atom is -0.462 e. The van der Waals surface area contributed by atoms with Crippen molar-refractivity contribution in [1.29, 1.82) is 0 Å². The Hall–Kier alpha value is -1.55. The van der Waals surface area contributed by atoms with E-state index in [0.717, 1.165) is 57.8 Å². The third-order valence-corrected chi connectivity index (χ3v) is 8.81. The van der Waals surface area contributed by atoms with E-state index in [9.17, 15) is 24.2 Å². The molecule has 282 valence electrons. The largest absolute Gasteiger partial charge is 0.472 e. The van der Waals surface area contributed by atoms with Crippen LogP contribution in [0.2, 0.25) is 0 Å². The van der Waals surface area contributed by atoms with Crippen LogP contribution in [-0.2, 0) is 32.7 Å². The Bertz CT molecular complexity index is 863. The van der Waals surface area contributed by atoms with Crippen molar-refractivity contribution in [2.24, 2.45) is 0 Å². The Balaban J connectivity index is 4.33. The second-order valence-corrected chi connectivity index (χ2v) is 14.1. The first-order valence-electron chi connectivity index (χ1n) is 18.8. The molecule has 0 fully saturated rings. The van der Waals surface area contributed by atoms with Gasteiger partial charge in [0.15, 0.2) is 6.10 Å². The summed E-state index contributed by atoms with van der Waals surface area (Å²) in [6.45, 7) is 2.29. The Morgan fingerprint density at radius 2 is 1.08 bits per heavy atom. The molecule has 0 bridgehead atoms. The van der Waals surface area contributed by atoms with Gasteiger partial charge in [0.05, 0.1) is 19.8 Å². The average molecular weight is 705 g/mol. The number of allylic oxidation sites excluding steroid dienone is 4. The summed E-state index contributed by atoms with van der Waals surface area (Å²) in [6, 6.07) is 0. The van der Waals surface area contributed by atoms with Crippen molar-refractivity contribution in [2.75, 3.05) is 26.4 Å². The van der Waals surface area contributed by atoms with Crippen LogP contribution in [0.15, 0.2) is 24.3 Å². The van der Waals surface area contributed by atoms with Gasteiger partial charge < -0.3 is 24.6 Å². The number of hydrogen-bond acceptors (Lipinski definition) is 9. The fourth-order valence-electron chi connectivity index (χ4n) is 4.90. The van der Waals surface area contributed by atoms with Crippen LogP contribution in [0.4, 0.5) is 0 Å². The zero-order valence-corrected chi connectivity index (χ0v) is 31.1. The van der Waals surface area contributed by atoms with E-state index in [2.05, 4.69) is 42.7 Å². The summed E-state index contributed by atoms with van der Waals surface area (Å²) >= 11 is 0. The quantitative estimate of drug-likeness (QED) is 0.0252. The van der Waals surface area contributed by atoms with Crippen LogP contribution in [0.3, 0.4) is 0 Å². The first-order valence-corrected chi connectivity index (χ1v) is 20.3. The lowest BCUT2D eigenvalue weighted by Crippen LogP contribution is -2.29. The summed E-state index contributed by atoms with van der Waals surface area (Å²) in [7, 11) is -4.61. The third kappa shape index (κ3) is 33.0. The molecule has 0 aliphatic heterocycles. The maximum Gasteiger partial charge on any atom is 0.472 e. The van der Waals surface area contributed by atoms with E-state index in [1.54, 1.807) is 0 Å². The minimum atomic E-state index is -4.61. The van der Waals surface area contributed by atoms with Crippen LogP contribution >= 0.6 is 7.82 Å². The zero-order valence-electron chi connectivity index (χ0n) is 30.2. The molecule has 48 heavy (non-hydrogen) atoms. The van der Waals surface area contributed by atoms with Crippen molar-refractivity contribution in [2.45, 2.75) is 174 Å². The molecule has 0 heterocycles. The van der Waals surface area contributed by atoms with Crippen molar-refractivity contribution in [3.8, 4) is 0 Å². The second kappa shape index (κ2) is 33.9. The lowest BCUT2D eigenvalue weighted by Gasteiger charge is -2.20. The molecule has 0 saturated carbocycles. The number of ether oxygens (including phenoxy) is 2. The highest BCUT2D eigenvalue weighted by molar-refractivity contribution is 7.47. The number of aliphatic hydroxyl groups excluding tert-OH is 2. The highest BCUT2D eigenvalue weighted by Crippen LogP contribution is 2.43. The molecule has 0 aromatic heterocycles. The number of hydrogen-bond donors (Lipinski definition) is 3. The molecule has 0 aromatic rings. The van der Waals surface area contributed by atoms with Crippen LogP contribution < -0.4 is 0 Å². The third-order valence-electron chi connectivity index (χ3n) is 7.86. The van der Waals surface area contributed by atoms with E-state index < -0.39 is 51.8 Å².